The molecule has 1 unspecified atom stereocenters. The average molecular weight is 378 g/mol. The van der Waals surface area contributed by atoms with E-state index in [1.54, 1.807) is 4.90 Å². The quantitative estimate of drug-likeness (QED) is 0.769. The Labute approximate surface area is 157 Å². The van der Waals surface area contributed by atoms with Gasteiger partial charge in [0.25, 0.3) is 0 Å². The van der Waals surface area contributed by atoms with E-state index >= 15 is 0 Å². The Morgan fingerprint density at radius 2 is 2.08 bits per heavy atom. The van der Waals surface area contributed by atoms with Gasteiger partial charge in [-0.1, -0.05) is 0 Å². The third-order valence-electron chi connectivity index (χ3n) is 5.39. The van der Waals surface area contributed by atoms with Gasteiger partial charge in [0.15, 0.2) is 5.13 Å². The number of aromatic nitrogens is 1. The lowest BCUT2D eigenvalue weighted by Crippen LogP contribution is -2.50. The van der Waals surface area contributed by atoms with E-state index in [1.807, 2.05) is 10.3 Å². The third kappa shape index (κ3) is 4.07. The van der Waals surface area contributed by atoms with E-state index in [4.69, 9.17) is 4.74 Å². The van der Waals surface area contributed by atoms with Crippen molar-refractivity contribution in [3.05, 3.63) is 11.1 Å². The molecule has 0 N–H and O–H groups in total. The zero-order valence-electron chi connectivity index (χ0n) is 15.1. The Bertz CT molecular complexity index is 651. The summed E-state index contributed by atoms with van der Waals surface area (Å²) in [6.45, 7) is 5.99. The summed E-state index contributed by atoms with van der Waals surface area (Å²) in [6.07, 6.45) is 4.52. The van der Waals surface area contributed by atoms with Crippen LogP contribution in [-0.2, 0) is 20.7 Å². The number of carbonyl (C=O) groups excluding carboxylic acids is 2. The molecule has 7 nitrogen and oxygen atoms in total. The van der Waals surface area contributed by atoms with Crippen LogP contribution in [0.15, 0.2) is 5.38 Å². The zero-order chi connectivity index (χ0) is 17.9. The maximum absolute atomic E-state index is 12.6. The molecule has 3 fully saturated rings. The highest BCUT2D eigenvalue weighted by molar-refractivity contribution is 7.14. The second-order valence-electron chi connectivity index (χ2n) is 7.26. The molecule has 0 saturated carbocycles. The second-order valence-corrected chi connectivity index (χ2v) is 8.10. The van der Waals surface area contributed by atoms with Crippen LogP contribution in [0.3, 0.4) is 0 Å². The number of carbonyl (C=O) groups is 2. The van der Waals surface area contributed by atoms with Gasteiger partial charge in [0.2, 0.25) is 11.8 Å². The minimum Gasteiger partial charge on any atom is -0.377 e. The molecule has 0 radical (unpaired) electrons. The molecule has 26 heavy (non-hydrogen) atoms. The fourth-order valence-electron chi connectivity index (χ4n) is 3.87. The van der Waals surface area contributed by atoms with Gasteiger partial charge in [-0.25, -0.2) is 4.98 Å². The highest BCUT2D eigenvalue weighted by Gasteiger charge is 2.27. The maximum Gasteiger partial charge on any atom is 0.228 e. The molecule has 1 atom stereocenters. The Morgan fingerprint density at radius 3 is 2.77 bits per heavy atom. The first kappa shape index (κ1) is 17.9. The van der Waals surface area contributed by atoms with Gasteiger partial charge >= 0.3 is 0 Å². The van der Waals surface area contributed by atoms with Gasteiger partial charge in [0.1, 0.15) is 0 Å². The summed E-state index contributed by atoms with van der Waals surface area (Å²) in [6, 6.07) is 0. The lowest BCUT2D eigenvalue weighted by molar-refractivity contribution is -0.132. The van der Waals surface area contributed by atoms with Crippen molar-refractivity contribution < 1.29 is 14.3 Å². The van der Waals surface area contributed by atoms with Crippen LogP contribution in [-0.4, -0.2) is 78.6 Å². The summed E-state index contributed by atoms with van der Waals surface area (Å²) in [7, 11) is 0. The van der Waals surface area contributed by atoms with E-state index in [0.717, 1.165) is 69.5 Å². The van der Waals surface area contributed by atoms with Crippen molar-refractivity contribution in [3.8, 4) is 0 Å². The highest BCUT2D eigenvalue weighted by Crippen LogP contribution is 2.25. The summed E-state index contributed by atoms with van der Waals surface area (Å²) in [5.74, 6) is 0.269. The van der Waals surface area contributed by atoms with E-state index in [9.17, 15) is 9.59 Å². The van der Waals surface area contributed by atoms with Crippen LogP contribution in [0.1, 0.15) is 31.4 Å². The van der Waals surface area contributed by atoms with Gasteiger partial charge in [-0.2, -0.15) is 0 Å². The van der Waals surface area contributed by atoms with Gasteiger partial charge in [0.05, 0.1) is 18.2 Å². The van der Waals surface area contributed by atoms with Crippen molar-refractivity contribution in [3.63, 3.8) is 0 Å². The Morgan fingerprint density at radius 1 is 1.23 bits per heavy atom. The molecule has 0 bridgehead atoms. The predicted molar refractivity (Wildman–Crippen MR) is 99.4 cm³/mol. The maximum atomic E-state index is 12.6. The fourth-order valence-corrected chi connectivity index (χ4v) is 4.74. The molecule has 4 rings (SSSR count). The number of anilines is 1. The molecule has 2 amide bonds. The number of hydrogen-bond donors (Lipinski definition) is 0. The van der Waals surface area contributed by atoms with E-state index in [-0.39, 0.29) is 11.8 Å². The van der Waals surface area contributed by atoms with Gasteiger partial charge in [0, 0.05) is 57.7 Å². The lowest BCUT2D eigenvalue weighted by Gasteiger charge is -2.35. The third-order valence-corrected chi connectivity index (χ3v) is 6.30. The molecule has 1 aromatic rings. The minimum absolute atomic E-state index is 0.131. The first-order valence-corrected chi connectivity index (χ1v) is 10.4. The summed E-state index contributed by atoms with van der Waals surface area (Å²) < 4.78 is 5.70. The Kier molecular flexibility index (Phi) is 5.52. The standard InChI is InChI=1S/C18H26N4O3S/c23-16-4-1-5-22(16)18-19-14(13-26-18)11-17(24)21-8-6-20(7-9-21)12-15-3-2-10-25-15/h13,15H,1-12H2. The van der Waals surface area contributed by atoms with Crippen molar-refractivity contribution in [1.29, 1.82) is 0 Å². The molecule has 0 spiro atoms. The SMILES string of the molecule is O=C(Cc1csc(N2CCCC2=O)n1)N1CCN(CC2CCCO2)CC1. The number of piperazine rings is 1. The highest BCUT2D eigenvalue weighted by atomic mass is 32.1. The van der Waals surface area contributed by atoms with Crippen molar-refractivity contribution in [2.45, 2.75) is 38.2 Å². The smallest absolute Gasteiger partial charge is 0.228 e. The molecule has 3 aliphatic rings. The van der Waals surface area contributed by atoms with Crippen molar-refractivity contribution in [2.24, 2.45) is 0 Å². The number of hydrogen-bond acceptors (Lipinski definition) is 6. The molecule has 8 heteroatoms. The van der Waals surface area contributed by atoms with Gasteiger partial charge in [-0.15, -0.1) is 11.3 Å². The van der Waals surface area contributed by atoms with Crippen LogP contribution < -0.4 is 4.90 Å². The fraction of sp³-hybridized carbons (Fsp3) is 0.722. The first-order valence-electron chi connectivity index (χ1n) is 9.55. The number of rotatable bonds is 5. The number of ether oxygens (including phenoxy) is 1. The normalized spacial score (nSPS) is 24.6. The van der Waals surface area contributed by atoms with E-state index < -0.39 is 0 Å². The second kappa shape index (κ2) is 8.02. The van der Waals surface area contributed by atoms with Crippen LogP contribution in [0.2, 0.25) is 0 Å². The summed E-state index contributed by atoms with van der Waals surface area (Å²) in [4.78, 5) is 35.0. The van der Waals surface area contributed by atoms with E-state index in [2.05, 4.69) is 9.88 Å². The van der Waals surface area contributed by atoms with Gasteiger partial charge < -0.3 is 9.64 Å². The number of nitrogens with zero attached hydrogens (tertiary/aromatic N) is 4. The van der Waals surface area contributed by atoms with Crippen LogP contribution in [0.5, 0.6) is 0 Å². The van der Waals surface area contributed by atoms with Gasteiger partial charge in [-0.3, -0.25) is 19.4 Å². The first-order chi connectivity index (χ1) is 12.7. The molecule has 0 aromatic carbocycles. The average Bonchev–Trinajstić information content (AvgIpc) is 3.38. The molecule has 3 saturated heterocycles. The Balaban J connectivity index is 1.25. The number of thiazole rings is 1. The molecule has 3 aliphatic heterocycles. The van der Waals surface area contributed by atoms with E-state index in [0.29, 0.717) is 18.9 Å². The lowest BCUT2D eigenvalue weighted by atomic mass is 10.2. The van der Waals surface area contributed by atoms with Crippen LogP contribution in [0.4, 0.5) is 5.13 Å². The van der Waals surface area contributed by atoms with Crippen molar-refractivity contribution in [1.82, 2.24) is 14.8 Å². The van der Waals surface area contributed by atoms with Crippen molar-refractivity contribution >= 4 is 28.3 Å². The molecular weight excluding hydrogens is 352 g/mol. The van der Waals surface area contributed by atoms with Gasteiger partial charge in [-0.05, 0) is 19.3 Å². The van der Waals surface area contributed by atoms with Crippen LogP contribution in [0.25, 0.3) is 0 Å². The Hall–Kier alpha value is -1.51. The topological polar surface area (TPSA) is 66.0 Å². The summed E-state index contributed by atoms with van der Waals surface area (Å²) in [5, 5.41) is 2.64. The minimum atomic E-state index is 0.131. The number of amides is 2. The molecule has 4 heterocycles. The molecule has 1 aromatic heterocycles. The van der Waals surface area contributed by atoms with Crippen LogP contribution >= 0.6 is 11.3 Å². The van der Waals surface area contributed by atoms with Crippen molar-refractivity contribution in [2.75, 3.05) is 50.8 Å². The zero-order valence-corrected chi connectivity index (χ0v) is 15.9. The monoisotopic (exact) mass is 378 g/mol. The summed E-state index contributed by atoms with van der Waals surface area (Å²) in [5.41, 5.74) is 0.775. The van der Waals surface area contributed by atoms with E-state index in [1.165, 1.54) is 17.8 Å². The molecule has 0 aliphatic carbocycles. The largest absolute Gasteiger partial charge is 0.377 e. The summed E-state index contributed by atoms with van der Waals surface area (Å²) >= 11 is 1.46. The predicted octanol–water partition coefficient (Wildman–Crippen LogP) is 1.14. The molecular formula is C18H26N4O3S. The van der Waals surface area contributed by atoms with Crippen LogP contribution in [0, 0.1) is 0 Å². The molecule has 142 valence electrons.